The number of aldehydes is 1. The summed E-state index contributed by atoms with van der Waals surface area (Å²) in [7, 11) is 1.74. The number of allylic oxidation sites excluding steroid dienone is 1. The standard InChI is InChI=1S/C12H22O2/c1-5-6-8-12(3,14-4)9-7-11(2)10-13/h7,10H,5-6,8-9H2,1-4H3. The second kappa shape index (κ2) is 6.77. The first-order chi connectivity index (χ1) is 6.58. The first-order valence-electron chi connectivity index (χ1n) is 5.25. The fraction of sp³-hybridized carbons (Fsp3) is 0.750. The lowest BCUT2D eigenvalue weighted by Crippen LogP contribution is -2.26. The lowest BCUT2D eigenvalue weighted by Gasteiger charge is -2.26. The van der Waals surface area contributed by atoms with Crippen LogP contribution in [0.25, 0.3) is 0 Å². The second-order valence-electron chi connectivity index (χ2n) is 4.03. The topological polar surface area (TPSA) is 26.3 Å². The van der Waals surface area contributed by atoms with E-state index in [1.165, 1.54) is 6.42 Å². The molecule has 2 nitrogen and oxygen atoms in total. The predicted octanol–water partition coefficient (Wildman–Crippen LogP) is 3.12. The molecule has 14 heavy (non-hydrogen) atoms. The normalized spacial score (nSPS) is 16.4. The lowest BCUT2D eigenvalue weighted by atomic mass is 9.94. The molecule has 0 bridgehead atoms. The van der Waals surface area contributed by atoms with Crippen molar-refractivity contribution in [2.45, 2.75) is 52.1 Å². The Morgan fingerprint density at radius 2 is 2.14 bits per heavy atom. The van der Waals surface area contributed by atoms with E-state index in [2.05, 4.69) is 13.8 Å². The number of carbonyl (C=O) groups excluding carboxylic acids is 1. The molecule has 0 aliphatic carbocycles. The van der Waals surface area contributed by atoms with E-state index >= 15 is 0 Å². The zero-order valence-corrected chi connectivity index (χ0v) is 9.80. The van der Waals surface area contributed by atoms with E-state index in [0.29, 0.717) is 0 Å². The fourth-order valence-corrected chi connectivity index (χ4v) is 1.26. The second-order valence-corrected chi connectivity index (χ2v) is 4.03. The van der Waals surface area contributed by atoms with E-state index < -0.39 is 0 Å². The number of hydrogen-bond acceptors (Lipinski definition) is 2. The maximum Gasteiger partial charge on any atom is 0.145 e. The summed E-state index contributed by atoms with van der Waals surface area (Å²) in [5.41, 5.74) is 0.671. The van der Waals surface area contributed by atoms with E-state index in [9.17, 15) is 4.79 Å². The molecule has 0 heterocycles. The average Bonchev–Trinajstić information content (AvgIpc) is 2.23. The maximum absolute atomic E-state index is 10.4. The fourth-order valence-electron chi connectivity index (χ4n) is 1.26. The van der Waals surface area contributed by atoms with Gasteiger partial charge in [-0.2, -0.15) is 0 Å². The van der Waals surface area contributed by atoms with Gasteiger partial charge in [0, 0.05) is 7.11 Å². The number of methoxy groups -OCH3 is 1. The summed E-state index contributed by atoms with van der Waals surface area (Å²) in [6, 6.07) is 0. The van der Waals surface area contributed by atoms with Crippen LogP contribution < -0.4 is 0 Å². The number of carbonyl (C=O) groups is 1. The van der Waals surface area contributed by atoms with Gasteiger partial charge in [-0.25, -0.2) is 0 Å². The predicted molar refractivity (Wildman–Crippen MR) is 59.4 cm³/mol. The zero-order chi connectivity index (χ0) is 11.0. The third-order valence-corrected chi connectivity index (χ3v) is 2.59. The van der Waals surface area contributed by atoms with E-state index in [0.717, 1.165) is 31.1 Å². The van der Waals surface area contributed by atoms with Gasteiger partial charge in [-0.15, -0.1) is 0 Å². The molecule has 0 aliphatic rings. The molecule has 0 N–H and O–H groups in total. The van der Waals surface area contributed by atoms with Gasteiger partial charge in [0.25, 0.3) is 0 Å². The van der Waals surface area contributed by atoms with Crippen LogP contribution >= 0.6 is 0 Å². The van der Waals surface area contributed by atoms with Gasteiger partial charge < -0.3 is 4.74 Å². The Bertz CT molecular complexity index is 196. The molecule has 0 rings (SSSR count). The van der Waals surface area contributed by atoms with E-state index in [1.54, 1.807) is 7.11 Å². The van der Waals surface area contributed by atoms with Crippen molar-refractivity contribution < 1.29 is 9.53 Å². The molecule has 1 atom stereocenters. The van der Waals surface area contributed by atoms with Crippen LogP contribution in [0.5, 0.6) is 0 Å². The Labute approximate surface area is 87.3 Å². The molecule has 2 heteroatoms. The van der Waals surface area contributed by atoms with Crippen LogP contribution in [0, 0.1) is 0 Å². The number of unbranched alkanes of at least 4 members (excludes halogenated alkanes) is 1. The highest BCUT2D eigenvalue weighted by Gasteiger charge is 2.20. The van der Waals surface area contributed by atoms with Gasteiger partial charge >= 0.3 is 0 Å². The third kappa shape index (κ3) is 5.18. The molecular formula is C12H22O2. The Balaban J connectivity index is 4.17. The molecule has 0 radical (unpaired) electrons. The molecule has 0 aromatic rings. The Morgan fingerprint density at radius 1 is 1.50 bits per heavy atom. The largest absolute Gasteiger partial charge is 0.378 e. The summed E-state index contributed by atoms with van der Waals surface area (Å²) >= 11 is 0. The molecule has 0 aromatic heterocycles. The maximum atomic E-state index is 10.4. The van der Waals surface area contributed by atoms with Gasteiger partial charge in [0.05, 0.1) is 5.60 Å². The Morgan fingerprint density at radius 3 is 2.57 bits per heavy atom. The van der Waals surface area contributed by atoms with Gasteiger partial charge in [0.2, 0.25) is 0 Å². The minimum Gasteiger partial charge on any atom is -0.378 e. The smallest absolute Gasteiger partial charge is 0.145 e. The summed E-state index contributed by atoms with van der Waals surface area (Å²) in [5.74, 6) is 0. The number of rotatable bonds is 7. The van der Waals surface area contributed by atoms with Crippen LogP contribution in [0.3, 0.4) is 0 Å². The Kier molecular flexibility index (Phi) is 6.46. The van der Waals surface area contributed by atoms with E-state index in [1.807, 2.05) is 13.0 Å². The minimum absolute atomic E-state index is 0.111. The molecular weight excluding hydrogens is 176 g/mol. The highest BCUT2D eigenvalue weighted by Crippen LogP contribution is 2.23. The van der Waals surface area contributed by atoms with Crippen molar-refractivity contribution in [3.63, 3.8) is 0 Å². The van der Waals surface area contributed by atoms with Crippen LogP contribution in [0.4, 0.5) is 0 Å². The summed E-state index contributed by atoms with van der Waals surface area (Å²) < 4.78 is 5.47. The number of hydrogen-bond donors (Lipinski definition) is 0. The van der Waals surface area contributed by atoms with Gasteiger partial charge in [-0.1, -0.05) is 25.8 Å². The van der Waals surface area contributed by atoms with E-state index in [4.69, 9.17) is 4.74 Å². The van der Waals surface area contributed by atoms with E-state index in [-0.39, 0.29) is 5.60 Å². The molecule has 0 amide bonds. The molecule has 0 saturated heterocycles. The van der Waals surface area contributed by atoms with Crippen molar-refractivity contribution in [1.82, 2.24) is 0 Å². The summed E-state index contributed by atoms with van der Waals surface area (Å²) in [6.45, 7) is 6.09. The van der Waals surface area contributed by atoms with Crippen LogP contribution in [0.2, 0.25) is 0 Å². The number of ether oxygens (including phenoxy) is 1. The van der Waals surface area contributed by atoms with Crippen molar-refractivity contribution in [3.05, 3.63) is 11.6 Å². The van der Waals surface area contributed by atoms with Gasteiger partial charge in [0.15, 0.2) is 0 Å². The average molecular weight is 198 g/mol. The van der Waals surface area contributed by atoms with Gasteiger partial charge in [-0.05, 0) is 32.3 Å². The summed E-state index contributed by atoms with van der Waals surface area (Å²) in [4.78, 5) is 10.4. The van der Waals surface area contributed by atoms with Crippen molar-refractivity contribution in [2.24, 2.45) is 0 Å². The third-order valence-electron chi connectivity index (χ3n) is 2.59. The Hall–Kier alpha value is -0.630. The van der Waals surface area contributed by atoms with Crippen molar-refractivity contribution >= 4 is 6.29 Å². The van der Waals surface area contributed by atoms with Gasteiger partial charge in [0.1, 0.15) is 6.29 Å². The van der Waals surface area contributed by atoms with Crippen LogP contribution in [-0.2, 0) is 9.53 Å². The highest BCUT2D eigenvalue weighted by atomic mass is 16.5. The molecule has 0 saturated carbocycles. The molecule has 0 aliphatic heterocycles. The summed E-state index contributed by atoms with van der Waals surface area (Å²) in [5, 5.41) is 0. The van der Waals surface area contributed by atoms with Crippen molar-refractivity contribution in [3.8, 4) is 0 Å². The van der Waals surface area contributed by atoms with Crippen LogP contribution in [-0.4, -0.2) is 19.0 Å². The summed E-state index contributed by atoms with van der Waals surface area (Å²) in [6.07, 6.45) is 7.03. The van der Waals surface area contributed by atoms with Crippen molar-refractivity contribution in [2.75, 3.05) is 7.11 Å². The first-order valence-corrected chi connectivity index (χ1v) is 5.25. The molecule has 0 spiro atoms. The van der Waals surface area contributed by atoms with Gasteiger partial charge in [-0.3, -0.25) is 4.79 Å². The lowest BCUT2D eigenvalue weighted by molar-refractivity contribution is -0.104. The zero-order valence-electron chi connectivity index (χ0n) is 9.80. The van der Waals surface area contributed by atoms with Crippen LogP contribution in [0.1, 0.15) is 46.5 Å². The minimum atomic E-state index is -0.111. The first kappa shape index (κ1) is 13.4. The molecule has 1 unspecified atom stereocenters. The van der Waals surface area contributed by atoms with Crippen LogP contribution in [0.15, 0.2) is 11.6 Å². The molecule has 0 fully saturated rings. The quantitative estimate of drug-likeness (QED) is 0.464. The van der Waals surface area contributed by atoms with Crippen molar-refractivity contribution in [1.29, 1.82) is 0 Å². The monoisotopic (exact) mass is 198 g/mol. The highest BCUT2D eigenvalue weighted by molar-refractivity contribution is 5.71. The SMILES string of the molecule is CCCCC(C)(CC=C(C)C=O)OC. The molecule has 0 aromatic carbocycles. The molecule has 82 valence electrons.